The molecule has 9 heteroatoms. The fraction of sp³-hybridized carbons (Fsp3) is 0.222. The number of amides is 1. The van der Waals surface area contributed by atoms with Crippen LogP contribution in [0.5, 0.6) is 5.75 Å². The van der Waals surface area contributed by atoms with Crippen LogP contribution in [0.4, 0.5) is 19.3 Å². The van der Waals surface area contributed by atoms with Crippen LogP contribution in [0.15, 0.2) is 67.0 Å². The summed E-state index contributed by atoms with van der Waals surface area (Å²) in [6, 6.07) is 15.4. The van der Waals surface area contributed by atoms with Gasteiger partial charge in [-0.05, 0) is 57.5 Å². The lowest BCUT2D eigenvalue weighted by Crippen LogP contribution is -2.27. The van der Waals surface area contributed by atoms with Crippen molar-refractivity contribution >= 4 is 11.8 Å². The van der Waals surface area contributed by atoms with Crippen LogP contribution >= 0.6 is 0 Å². The molecule has 4 rings (SSSR count). The van der Waals surface area contributed by atoms with Crippen molar-refractivity contribution in [3.05, 3.63) is 89.9 Å². The zero-order valence-corrected chi connectivity index (χ0v) is 20.4. The molecule has 0 aliphatic heterocycles. The van der Waals surface area contributed by atoms with Crippen molar-refractivity contribution in [1.29, 1.82) is 0 Å². The van der Waals surface area contributed by atoms with Gasteiger partial charge in [0, 0.05) is 17.3 Å². The standard InChI is InChI=1S/C27H26F2N4O3/c1-17-21(20-11-12-22(25(29)24(20)28)35-16-18-8-6-5-7-9-18)15-33(32-17)23-13-10-19(14-30-23)31-26(34)36-27(2,3)4/h5-15H,16H2,1-4H3,(H,31,34). The van der Waals surface area contributed by atoms with Crippen LogP contribution in [0.1, 0.15) is 32.0 Å². The van der Waals surface area contributed by atoms with Crippen LogP contribution in [0.3, 0.4) is 0 Å². The number of ether oxygens (including phenoxy) is 2. The average Bonchev–Trinajstić information content (AvgIpc) is 3.21. The molecule has 0 unspecified atom stereocenters. The predicted molar refractivity (Wildman–Crippen MR) is 132 cm³/mol. The van der Waals surface area contributed by atoms with E-state index < -0.39 is 23.3 Å². The molecule has 36 heavy (non-hydrogen) atoms. The predicted octanol–water partition coefficient (Wildman–Crippen LogP) is 6.45. The molecule has 0 bridgehead atoms. The number of aromatic nitrogens is 3. The second-order valence-corrected chi connectivity index (χ2v) is 9.12. The molecule has 0 saturated carbocycles. The number of carbonyl (C=O) groups is 1. The minimum Gasteiger partial charge on any atom is -0.486 e. The van der Waals surface area contributed by atoms with Crippen LogP contribution in [0.2, 0.25) is 0 Å². The molecule has 0 radical (unpaired) electrons. The number of nitrogens with zero attached hydrogens (tertiary/aromatic N) is 3. The highest BCUT2D eigenvalue weighted by molar-refractivity contribution is 5.84. The molecule has 0 spiro atoms. The summed E-state index contributed by atoms with van der Waals surface area (Å²) in [7, 11) is 0. The van der Waals surface area contributed by atoms with Crippen LogP contribution in [0.25, 0.3) is 16.9 Å². The third-order valence-corrected chi connectivity index (χ3v) is 5.10. The zero-order valence-electron chi connectivity index (χ0n) is 20.4. The quantitative estimate of drug-likeness (QED) is 0.335. The summed E-state index contributed by atoms with van der Waals surface area (Å²) in [6.07, 6.45) is 2.43. The Bertz CT molecular complexity index is 1360. The normalized spacial score (nSPS) is 11.3. The first-order valence-electron chi connectivity index (χ1n) is 11.3. The highest BCUT2D eigenvalue weighted by atomic mass is 19.2. The molecule has 0 saturated heterocycles. The van der Waals surface area contributed by atoms with Gasteiger partial charge in [0.1, 0.15) is 12.2 Å². The van der Waals surface area contributed by atoms with E-state index in [9.17, 15) is 13.6 Å². The average molecular weight is 493 g/mol. The maximum absolute atomic E-state index is 15.0. The topological polar surface area (TPSA) is 78.3 Å². The van der Waals surface area contributed by atoms with Gasteiger partial charge in [-0.25, -0.2) is 18.9 Å². The van der Waals surface area contributed by atoms with Crippen molar-refractivity contribution in [3.63, 3.8) is 0 Å². The van der Waals surface area contributed by atoms with E-state index in [1.54, 1.807) is 46.0 Å². The molecule has 0 fully saturated rings. The van der Waals surface area contributed by atoms with E-state index in [1.807, 2.05) is 30.3 Å². The Labute approximate surface area is 207 Å². The molecular weight excluding hydrogens is 466 g/mol. The molecule has 0 atom stereocenters. The fourth-order valence-corrected chi connectivity index (χ4v) is 3.45. The van der Waals surface area contributed by atoms with Crippen molar-refractivity contribution in [1.82, 2.24) is 14.8 Å². The molecular formula is C27H26F2N4O3. The van der Waals surface area contributed by atoms with Gasteiger partial charge in [-0.1, -0.05) is 30.3 Å². The number of hydrogen-bond acceptors (Lipinski definition) is 5. The van der Waals surface area contributed by atoms with Gasteiger partial charge >= 0.3 is 6.09 Å². The van der Waals surface area contributed by atoms with Crippen LogP contribution < -0.4 is 10.1 Å². The number of aryl methyl sites for hydroxylation is 1. The summed E-state index contributed by atoms with van der Waals surface area (Å²) in [5.74, 6) is -1.82. The molecule has 0 aliphatic rings. The molecule has 1 amide bonds. The van der Waals surface area contributed by atoms with E-state index >= 15 is 0 Å². The largest absolute Gasteiger partial charge is 0.486 e. The number of pyridine rings is 1. The second kappa shape index (κ2) is 10.2. The van der Waals surface area contributed by atoms with Crippen molar-refractivity contribution in [2.75, 3.05) is 5.32 Å². The fourth-order valence-electron chi connectivity index (χ4n) is 3.45. The number of hydrogen-bond donors (Lipinski definition) is 1. The lowest BCUT2D eigenvalue weighted by Gasteiger charge is -2.19. The van der Waals surface area contributed by atoms with Gasteiger partial charge < -0.3 is 9.47 Å². The molecule has 7 nitrogen and oxygen atoms in total. The summed E-state index contributed by atoms with van der Waals surface area (Å²) in [6.45, 7) is 7.13. The Hall–Kier alpha value is -4.27. The third kappa shape index (κ3) is 5.86. The second-order valence-electron chi connectivity index (χ2n) is 9.12. The van der Waals surface area contributed by atoms with Crippen LogP contribution in [-0.2, 0) is 11.3 Å². The first kappa shape index (κ1) is 24.8. The van der Waals surface area contributed by atoms with E-state index in [2.05, 4.69) is 15.4 Å². The number of anilines is 1. The molecule has 0 aliphatic carbocycles. The van der Waals surface area contributed by atoms with Crippen molar-refractivity contribution < 1.29 is 23.0 Å². The molecule has 1 N–H and O–H groups in total. The number of nitrogens with one attached hydrogen (secondary N) is 1. The van der Waals surface area contributed by atoms with Crippen LogP contribution in [-0.4, -0.2) is 26.5 Å². The summed E-state index contributed by atoms with van der Waals surface area (Å²) in [4.78, 5) is 16.2. The number of carbonyl (C=O) groups excluding carboxylic acids is 1. The molecule has 2 heterocycles. The first-order chi connectivity index (χ1) is 17.1. The van der Waals surface area contributed by atoms with E-state index in [4.69, 9.17) is 9.47 Å². The Morgan fingerprint density at radius 1 is 1.00 bits per heavy atom. The Balaban J connectivity index is 1.51. The van der Waals surface area contributed by atoms with Crippen LogP contribution in [0, 0.1) is 18.6 Å². The molecule has 186 valence electrons. The highest BCUT2D eigenvalue weighted by Gasteiger charge is 2.20. The van der Waals surface area contributed by atoms with Gasteiger partial charge in [0.2, 0.25) is 5.82 Å². The Morgan fingerprint density at radius 3 is 2.42 bits per heavy atom. The number of benzene rings is 2. The smallest absolute Gasteiger partial charge is 0.412 e. The number of halogens is 2. The lowest BCUT2D eigenvalue weighted by atomic mass is 10.1. The Morgan fingerprint density at radius 2 is 1.75 bits per heavy atom. The maximum Gasteiger partial charge on any atom is 0.412 e. The van der Waals surface area contributed by atoms with Gasteiger partial charge in [0.15, 0.2) is 17.4 Å². The number of rotatable bonds is 6. The maximum atomic E-state index is 15.0. The third-order valence-electron chi connectivity index (χ3n) is 5.10. The van der Waals surface area contributed by atoms with Gasteiger partial charge in [-0.3, -0.25) is 5.32 Å². The van der Waals surface area contributed by atoms with E-state index in [1.165, 1.54) is 23.0 Å². The van der Waals surface area contributed by atoms with E-state index in [-0.39, 0.29) is 17.9 Å². The summed E-state index contributed by atoms with van der Waals surface area (Å²) in [5, 5.41) is 6.99. The van der Waals surface area contributed by atoms with Crippen molar-refractivity contribution in [2.45, 2.75) is 39.9 Å². The van der Waals surface area contributed by atoms with E-state index in [0.29, 0.717) is 22.8 Å². The molecule has 4 aromatic rings. The van der Waals surface area contributed by atoms with Gasteiger partial charge in [-0.15, -0.1) is 0 Å². The zero-order chi connectivity index (χ0) is 25.9. The van der Waals surface area contributed by atoms with Gasteiger partial charge in [0.25, 0.3) is 0 Å². The van der Waals surface area contributed by atoms with Crippen molar-refractivity contribution in [2.24, 2.45) is 0 Å². The minimum absolute atomic E-state index is 0.0616. The van der Waals surface area contributed by atoms with E-state index in [0.717, 1.165) is 5.56 Å². The molecule has 2 aromatic carbocycles. The van der Waals surface area contributed by atoms with Gasteiger partial charge in [0.05, 0.1) is 17.6 Å². The minimum atomic E-state index is -1.06. The Kier molecular flexibility index (Phi) is 7.00. The first-order valence-corrected chi connectivity index (χ1v) is 11.3. The summed E-state index contributed by atoms with van der Waals surface area (Å²) >= 11 is 0. The highest BCUT2D eigenvalue weighted by Crippen LogP contribution is 2.32. The summed E-state index contributed by atoms with van der Waals surface area (Å²) < 4.78 is 41.9. The van der Waals surface area contributed by atoms with Gasteiger partial charge in [-0.2, -0.15) is 9.49 Å². The lowest BCUT2D eigenvalue weighted by molar-refractivity contribution is 0.0636. The summed E-state index contributed by atoms with van der Waals surface area (Å²) in [5.41, 5.74) is 1.63. The SMILES string of the molecule is Cc1nn(-c2ccc(NC(=O)OC(C)(C)C)cn2)cc1-c1ccc(OCc2ccccc2)c(F)c1F. The monoisotopic (exact) mass is 492 g/mol. The molecule has 2 aromatic heterocycles. The van der Waals surface area contributed by atoms with Crippen molar-refractivity contribution in [3.8, 4) is 22.7 Å².